The van der Waals surface area contributed by atoms with Gasteiger partial charge in [0.05, 0.1) is 20.1 Å². The van der Waals surface area contributed by atoms with Gasteiger partial charge in [-0.2, -0.15) is 0 Å². The smallest absolute Gasteiger partial charge is 0.224 e. The number of ether oxygens (including phenoxy) is 2. The first kappa shape index (κ1) is 27.0. The zero-order valence-electron chi connectivity index (χ0n) is 22.4. The third-order valence-corrected chi connectivity index (χ3v) is 7.11. The van der Waals surface area contributed by atoms with Gasteiger partial charge in [-0.05, 0) is 94.7 Å². The Kier molecular flexibility index (Phi) is 9.99. The maximum absolute atomic E-state index is 12.4. The average molecular weight is 482 g/mol. The van der Waals surface area contributed by atoms with Crippen LogP contribution in [0.5, 0.6) is 11.5 Å². The molecule has 1 aliphatic heterocycles. The molecule has 1 aliphatic rings. The summed E-state index contributed by atoms with van der Waals surface area (Å²) < 4.78 is 11.3. The molecule has 6 heteroatoms. The van der Waals surface area contributed by atoms with Crippen molar-refractivity contribution in [1.29, 1.82) is 0 Å². The molecule has 1 amide bonds. The van der Waals surface area contributed by atoms with Crippen LogP contribution in [0.15, 0.2) is 36.4 Å². The van der Waals surface area contributed by atoms with Crippen molar-refractivity contribution in [3.63, 3.8) is 0 Å². The van der Waals surface area contributed by atoms with Crippen LogP contribution < -0.4 is 14.8 Å². The fraction of sp³-hybridized carbons (Fsp3) is 0.552. The number of nitrogens with zero attached hydrogens (tertiary/aromatic N) is 2. The summed E-state index contributed by atoms with van der Waals surface area (Å²) in [5, 5.41) is 3.11. The lowest BCUT2D eigenvalue weighted by Gasteiger charge is -2.44. The van der Waals surface area contributed by atoms with E-state index in [1.165, 1.54) is 16.7 Å². The number of methoxy groups -OCH3 is 1. The van der Waals surface area contributed by atoms with Gasteiger partial charge in [-0.3, -0.25) is 9.69 Å². The van der Waals surface area contributed by atoms with Crippen LogP contribution in [0.25, 0.3) is 0 Å². The molecule has 35 heavy (non-hydrogen) atoms. The van der Waals surface area contributed by atoms with Crippen LogP contribution in [0.4, 0.5) is 0 Å². The topological polar surface area (TPSA) is 54.0 Å². The molecule has 0 bridgehead atoms. The summed E-state index contributed by atoms with van der Waals surface area (Å²) in [6.07, 6.45) is 2.60. The first-order valence-corrected chi connectivity index (χ1v) is 12.8. The second-order valence-electron chi connectivity index (χ2n) is 10.1. The minimum absolute atomic E-state index is 0.0634. The van der Waals surface area contributed by atoms with Crippen molar-refractivity contribution < 1.29 is 14.3 Å². The van der Waals surface area contributed by atoms with Crippen LogP contribution in [-0.4, -0.2) is 69.7 Å². The van der Waals surface area contributed by atoms with Gasteiger partial charge >= 0.3 is 0 Å². The van der Waals surface area contributed by atoms with E-state index in [9.17, 15) is 4.79 Å². The van der Waals surface area contributed by atoms with Crippen molar-refractivity contribution in [1.82, 2.24) is 15.1 Å². The Morgan fingerprint density at radius 3 is 2.63 bits per heavy atom. The third kappa shape index (κ3) is 7.71. The number of nitrogens with one attached hydrogen (secondary N) is 1. The second-order valence-corrected chi connectivity index (χ2v) is 10.1. The number of likely N-dealkylation sites (tertiary alicyclic amines) is 1. The standard InChI is InChI=1S/C29H43N3O3/c1-21-22(2)28(35-15-8-7-14-31(4)5)13-12-27(21)23(3)32-19-25(20-32)18-30-29(33)17-24-10-9-11-26(16-24)34-6/h9-13,16,23,25H,7-8,14-15,17-20H2,1-6H3,(H,30,33). The lowest BCUT2D eigenvalue weighted by Crippen LogP contribution is -2.52. The highest BCUT2D eigenvalue weighted by Crippen LogP contribution is 2.34. The summed E-state index contributed by atoms with van der Waals surface area (Å²) in [6.45, 7) is 11.2. The predicted molar refractivity (Wildman–Crippen MR) is 142 cm³/mol. The quantitative estimate of drug-likeness (QED) is 0.430. The number of hydrogen-bond acceptors (Lipinski definition) is 5. The van der Waals surface area contributed by atoms with Crippen molar-refractivity contribution in [3.05, 3.63) is 58.7 Å². The summed E-state index contributed by atoms with van der Waals surface area (Å²) in [6, 6.07) is 12.4. The van der Waals surface area contributed by atoms with Gasteiger partial charge in [0, 0.05) is 31.6 Å². The van der Waals surface area contributed by atoms with Crippen molar-refractivity contribution in [2.75, 3.05) is 54.0 Å². The molecule has 1 N–H and O–H groups in total. The molecule has 6 nitrogen and oxygen atoms in total. The fourth-order valence-electron chi connectivity index (χ4n) is 4.68. The number of amides is 1. The molecule has 0 saturated carbocycles. The third-order valence-electron chi connectivity index (χ3n) is 7.11. The molecule has 192 valence electrons. The van der Waals surface area contributed by atoms with E-state index in [0.29, 0.717) is 18.4 Å². The van der Waals surface area contributed by atoms with Gasteiger partial charge in [0.1, 0.15) is 11.5 Å². The van der Waals surface area contributed by atoms with Gasteiger partial charge in [0.15, 0.2) is 0 Å². The number of carbonyl (C=O) groups is 1. The van der Waals surface area contributed by atoms with Crippen LogP contribution in [0.2, 0.25) is 0 Å². The number of hydrogen-bond donors (Lipinski definition) is 1. The van der Waals surface area contributed by atoms with E-state index < -0.39 is 0 Å². The van der Waals surface area contributed by atoms with Crippen LogP contribution in [-0.2, 0) is 11.2 Å². The molecule has 2 aromatic carbocycles. The van der Waals surface area contributed by atoms with Gasteiger partial charge in [0.25, 0.3) is 0 Å². The molecule has 1 saturated heterocycles. The number of carbonyl (C=O) groups excluding carboxylic acids is 1. The minimum atomic E-state index is 0.0634. The molecule has 1 fully saturated rings. The molecular weight excluding hydrogens is 438 g/mol. The zero-order chi connectivity index (χ0) is 25.4. The Balaban J connectivity index is 1.42. The number of benzene rings is 2. The van der Waals surface area contributed by atoms with E-state index >= 15 is 0 Å². The number of unbranched alkanes of at least 4 members (excludes halogenated alkanes) is 1. The predicted octanol–water partition coefficient (Wildman–Crippen LogP) is 4.38. The molecule has 0 aliphatic carbocycles. The molecule has 0 radical (unpaired) electrons. The summed E-state index contributed by atoms with van der Waals surface area (Å²) in [5.74, 6) is 2.35. The van der Waals surface area contributed by atoms with Crippen LogP contribution in [0.1, 0.15) is 48.1 Å². The molecule has 0 aromatic heterocycles. The Labute approximate surface area is 211 Å². The molecule has 3 rings (SSSR count). The van der Waals surface area contributed by atoms with Crippen molar-refractivity contribution in [3.8, 4) is 11.5 Å². The molecule has 0 spiro atoms. The van der Waals surface area contributed by atoms with Gasteiger partial charge in [0.2, 0.25) is 5.91 Å². The van der Waals surface area contributed by atoms with Crippen molar-refractivity contribution in [2.45, 2.75) is 46.1 Å². The normalized spacial score (nSPS) is 15.1. The monoisotopic (exact) mass is 481 g/mol. The fourth-order valence-corrected chi connectivity index (χ4v) is 4.68. The maximum atomic E-state index is 12.4. The molecule has 1 atom stereocenters. The first-order valence-electron chi connectivity index (χ1n) is 12.8. The van der Waals surface area contributed by atoms with E-state index in [1.54, 1.807) is 7.11 Å². The van der Waals surface area contributed by atoms with Gasteiger partial charge < -0.3 is 19.7 Å². The Hall–Kier alpha value is -2.57. The average Bonchev–Trinajstić information content (AvgIpc) is 2.80. The summed E-state index contributed by atoms with van der Waals surface area (Å²) >= 11 is 0. The highest BCUT2D eigenvalue weighted by molar-refractivity contribution is 5.78. The van der Waals surface area contributed by atoms with Crippen LogP contribution in [0.3, 0.4) is 0 Å². The van der Waals surface area contributed by atoms with E-state index in [1.807, 2.05) is 24.3 Å². The molecule has 2 aromatic rings. The van der Waals surface area contributed by atoms with E-state index in [-0.39, 0.29) is 5.91 Å². The van der Waals surface area contributed by atoms with Gasteiger partial charge in [-0.15, -0.1) is 0 Å². The van der Waals surface area contributed by atoms with E-state index in [2.05, 4.69) is 62.1 Å². The highest BCUT2D eigenvalue weighted by atomic mass is 16.5. The minimum Gasteiger partial charge on any atom is -0.497 e. The van der Waals surface area contributed by atoms with Crippen LogP contribution in [0, 0.1) is 19.8 Å². The SMILES string of the molecule is COc1cccc(CC(=O)NCC2CN(C(C)c3ccc(OCCCCN(C)C)c(C)c3C)C2)c1. The Morgan fingerprint density at radius 2 is 1.91 bits per heavy atom. The lowest BCUT2D eigenvalue weighted by atomic mass is 9.91. The molecular formula is C29H43N3O3. The number of rotatable bonds is 13. The Bertz CT molecular complexity index is 970. The van der Waals surface area contributed by atoms with Crippen molar-refractivity contribution >= 4 is 5.91 Å². The van der Waals surface area contributed by atoms with E-state index in [4.69, 9.17) is 9.47 Å². The Morgan fingerprint density at radius 1 is 1.14 bits per heavy atom. The summed E-state index contributed by atoms with van der Waals surface area (Å²) in [7, 11) is 5.85. The van der Waals surface area contributed by atoms with Crippen molar-refractivity contribution in [2.24, 2.45) is 5.92 Å². The molecule has 1 heterocycles. The van der Waals surface area contributed by atoms with Gasteiger partial charge in [-0.25, -0.2) is 0 Å². The lowest BCUT2D eigenvalue weighted by molar-refractivity contribution is -0.121. The summed E-state index contributed by atoms with van der Waals surface area (Å²) in [4.78, 5) is 17.1. The maximum Gasteiger partial charge on any atom is 0.224 e. The molecule has 1 unspecified atom stereocenters. The highest BCUT2D eigenvalue weighted by Gasteiger charge is 2.31. The first-order chi connectivity index (χ1) is 16.8. The second kappa shape index (κ2) is 12.9. The van der Waals surface area contributed by atoms with E-state index in [0.717, 1.165) is 62.7 Å². The van der Waals surface area contributed by atoms with Gasteiger partial charge in [-0.1, -0.05) is 18.2 Å². The summed E-state index contributed by atoms with van der Waals surface area (Å²) in [5.41, 5.74) is 4.89. The largest absolute Gasteiger partial charge is 0.497 e. The zero-order valence-corrected chi connectivity index (χ0v) is 22.4. The van der Waals surface area contributed by atoms with Crippen LogP contribution >= 0.6 is 0 Å².